The molecule has 0 aliphatic rings. The van der Waals surface area contributed by atoms with Gasteiger partial charge in [-0.15, -0.1) is 0 Å². The van der Waals surface area contributed by atoms with Crippen LogP contribution in [0.4, 0.5) is 0 Å². The van der Waals surface area contributed by atoms with E-state index >= 15 is 0 Å². The molecule has 7 heteroatoms. The van der Waals surface area contributed by atoms with Crippen molar-refractivity contribution < 1.29 is 13.9 Å². The molecule has 0 amide bonds. The number of hydrogen-bond donors (Lipinski definition) is 2. The van der Waals surface area contributed by atoms with Gasteiger partial charge in [-0.1, -0.05) is 6.07 Å². The summed E-state index contributed by atoms with van der Waals surface area (Å²) in [6.07, 6.45) is 1.69. The van der Waals surface area contributed by atoms with Gasteiger partial charge in [-0.3, -0.25) is 9.89 Å². The molecule has 0 saturated heterocycles. The van der Waals surface area contributed by atoms with E-state index in [1.165, 1.54) is 0 Å². The maximum Gasteiger partial charge on any atom is 0.191 e. The fourth-order valence-electron chi connectivity index (χ4n) is 2.61. The Bertz CT molecular complexity index is 699. The van der Waals surface area contributed by atoms with Gasteiger partial charge >= 0.3 is 0 Å². The third-order valence-electron chi connectivity index (χ3n) is 4.09. The average Bonchev–Trinajstić information content (AvgIpc) is 3.18. The number of methoxy groups -OCH3 is 2. The van der Waals surface area contributed by atoms with Crippen molar-refractivity contribution in [2.75, 3.05) is 41.9 Å². The van der Waals surface area contributed by atoms with Gasteiger partial charge in [0.15, 0.2) is 17.5 Å². The Hall–Kier alpha value is -2.67. The number of rotatable bonds is 8. The maximum atomic E-state index is 5.53. The van der Waals surface area contributed by atoms with E-state index < -0.39 is 0 Å². The van der Waals surface area contributed by atoms with Gasteiger partial charge < -0.3 is 24.5 Å². The highest BCUT2D eigenvalue weighted by Crippen LogP contribution is 2.27. The quantitative estimate of drug-likeness (QED) is 0.556. The lowest BCUT2D eigenvalue weighted by Gasteiger charge is -2.23. The van der Waals surface area contributed by atoms with E-state index in [4.69, 9.17) is 13.9 Å². The molecule has 142 valence electrons. The lowest BCUT2D eigenvalue weighted by atomic mass is 10.2. The molecule has 1 unspecified atom stereocenters. The van der Waals surface area contributed by atoms with Gasteiger partial charge in [-0.25, -0.2) is 0 Å². The molecule has 1 aromatic heterocycles. The Balaban J connectivity index is 1.93. The number of nitrogens with zero attached hydrogens (tertiary/aromatic N) is 2. The lowest BCUT2D eigenvalue weighted by molar-refractivity contribution is 0.258. The van der Waals surface area contributed by atoms with Crippen LogP contribution >= 0.6 is 0 Å². The second-order valence-corrected chi connectivity index (χ2v) is 5.99. The van der Waals surface area contributed by atoms with Gasteiger partial charge in [-0.2, -0.15) is 0 Å². The van der Waals surface area contributed by atoms with Crippen molar-refractivity contribution in [1.29, 1.82) is 0 Å². The van der Waals surface area contributed by atoms with Crippen LogP contribution in [0.3, 0.4) is 0 Å². The first-order valence-corrected chi connectivity index (χ1v) is 8.44. The van der Waals surface area contributed by atoms with E-state index in [1.807, 2.05) is 44.4 Å². The molecule has 2 aromatic rings. The smallest absolute Gasteiger partial charge is 0.191 e. The number of guanidine groups is 1. The van der Waals surface area contributed by atoms with E-state index in [2.05, 4.69) is 20.5 Å². The second kappa shape index (κ2) is 9.72. The summed E-state index contributed by atoms with van der Waals surface area (Å²) in [6, 6.07) is 9.83. The second-order valence-electron chi connectivity index (χ2n) is 5.99. The molecule has 2 N–H and O–H groups in total. The fraction of sp³-hybridized carbons (Fsp3) is 0.421. The van der Waals surface area contributed by atoms with E-state index in [0.29, 0.717) is 24.6 Å². The summed E-state index contributed by atoms with van der Waals surface area (Å²) >= 11 is 0. The van der Waals surface area contributed by atoms with Crippen molar-refractivity contribution >= 4 is 5.96 Å². The van der Waals surface area contributed by atoms with E-state index in [0.717, 1.165) is 17.3 Å². The van der Waals surface area contributed by atoms with Crippen molar-refractivity contribution in [3.8, 4) is 11.5 Å². The van der Waals surface area contributed by atoms with E-state index in [1.54, 1.807) is 27.5 Å². The Morgan fingerprint density at radius 2 is 1.92 bits per heavy atom. The summed E-state index contributed by atoms with van der Waals surface area (Å²) in [6.45, 7) is 1.29. The first-order valence-electron chi connectivity index (χ1n) is 8.44. The van der Waals surface area contributed by atoms with Crippen molar-refractivity contribution in [2.24, 2.45) is 4.99 Å². The van der Waals surface area contributed by atoms with Crippen LogP contribution in [0.5, 0.6) is 11.5 Å². The standard InChI is InChI=1S/C19H28N4O3/c1-20-19(22-13-15(23(2)3)16-7-6-10-26-16)21-12-14-8-9-17(24-4)18(11-14)25-5/h6-11,15H,12-13H2,1-5H3,(H2,20,21,22). The topological polar surface area (TPSA) is 71.3 Å². The summed E-state index contributed by atoms with van der Waals surface area (Å²) < 4.78 is 16.1. The predicted molar refractivity (Wildman–Crippen MR) is 103 cm³/mol. The number of ether oxygens (including phenoxy) is 2. The molecule has 0 spiro atoms. The molecule has 1 atom stereocenters. The van der Waals surface area contributed by atoms with Crippen molar-refractivity contribution in [2.45, 2.75) is 12.6 Å². The molecule has 26 heavy (non-hydrogen) atoms. The highest BCUT2D eigenvalue weighted by molar-refractivity contribution is 5.79. The zero-order valence-corrected chi connectivity index (χ0v) is 16.1. The summed E-state index contributed by atoms with van der Waals surface area (Å²) in [7, 11) is 9.05. The Morgan fingerprint density at radius 1 is 1.15 bits per heavy atom. The van der Waals surface area contributed by atoms with Crippen LogP contribution in [0.1, 0.15) is 17.4 Å². The van der Waals surface area contributed by atoms with E-state index in [9.17, 15) is 0 Å². The highest BCUT2D eigenvalue weighted by atomic mass is 16.5. The third kappa shape index (κ3) is 5.16. The van der Waals surface area contributed by atoms with Gasteiger partial charge in [-0.05, 0) is 43.9 Å². The van der Waals surface area contributed by atoms with Gasteiger partial charge in [0.25, 0.3) is 0 Å². The minimum atomic E-state index is 0.115. The van der Waals surface area contributed by atoms with Gasteiger partial charge in [0.05, 0.1) is 26.5 Å². The monoisotopic (exact) mass is 360 g/mol. The first kappa shape index (κ1) is 19.7. The maximum absolute atomic E-state index is 5.53. The summed E-state index contributed by atoms with van der Waals surface area (Å²) in [5.74, 6) is 3.06. The largest absolute Gasteiger partial charge is 0.493 e. The van der Waals surface area contributed by atoms with Crippen molar-refractivity contribution in [3.63, 3.8) is 0 Å². The molecule has 0 radical (unpaired) electrons. The summed E-state index contributed by atoms with van der Waals surface area (Å²) in [4.78, 5) is 6.39. The summed E-state index contributed by atoms with van der Waals surface area (Å²) in [5.41, 5.74) is 1.07. The van der Waals surface area contributed by atoms with Crippen molar-refractivity contribution in [3.05, 3.63) is 47.9 Å². The molecule has 7 nitrogen and oxygen atoms in total. The average molecular weight is 360 g/mol. The SMILES string of the molecule is CN=C(NCc1ccc(OC)c(OC)c1)NCC(c1ccco1)N(C)C. The highest BCUT2D eigenvalue weighted by Gasteiger charge is 2.17. The lowest BCUT2D eigenvalue weighted by Crippen LogP contribution is -2.41. The van der Waals surface area contributed by atoms with Crippen LogP contribution in [0.25, 0.3) is 0 Å². The van der Waals surface area contributed by atoms with Crippen LogP contribution < -0.4 is 20.1 Å². The molecule has 0 bridgehead atoms. The molecule has 0 aliphatic carbocycles. The van der Waals surface area contributed by atoms with Crippen LogP contribution in [-0.4, -0.2) is 52.8 Å². The van der Waals surface area contributed by atoms with Gasteiger partial charge in [0.1, 0.15) is 5.76 Å². The fourth-order valence-corrected chi connectivity index (χ4v) is 2.61. The normalized spacial score (nSPS) is 12.8. The molecular formula is C19H28N4O3. The predicted octanol–water partition coefficient (Wildman–Crippen LogP) is 2.26. The molecule has 2 rings (SSSR count). The van der Waals surface area contributed by atoms with Gasteiger partial charge in [0.2, 0.25) is 0 Å². The number of likely N-dealkylation sites (N-methyl/N-ethyl adjacent to an activating group) is 1. The van der Waals surface area contributed by atoms with E-state index in [-0.39, 0.29) is 6.04 Å². The van der Waals surface area contributed by atoms with Crippen LogP contribution in [0.2, 0.25) is 0 Å². The third-order valence-corrected chi connectivity index (χ3v) is 4.09. The molecule has 1 aromatic carbocycles. The number of aliphatic imine (C=N–C) groups is 1. The molecular weight excluding hydrogens is 332 g/mol. The Kier molecular flexibility index (Phi) is 7.35. The minimum Gasteiger partial charge on any atom is -0.493 e. The van der Waals surface area contributed by atoms with Crippen LogP contribution in [0.15, 0.2) is 46.0 Å². The number of furan rings is 1. The molecule has 0 aliphatic heterocycles. The minimum absolute atomic E-state index is 0.115. The zero-order chi connectivity index (χ0) is 18.9. The summed E-state index contributed by atoms with van der Waals surface area (Å²) in [5, 5.41) is 6.65. The first-order chi connectivity index (χ1) is 12.6. The van der Waals surface area contributed by atoms with Gasteiger partial charge in [0, 0.05) is 20.1 Å². The Labute approximate surface area is 155 Å². The van der Waals surface area contributed by atoms with Crippen molar-refractivity contribution in [1.82, 2.24) is 15.5 Å². The van der Waals surface area contributed by atoms with Crippen LogP contribution in [-0.2, 0) is 6.54 Å². The number of benzene rings is 1. The number of hydrogen-bond acceptors (Lipinski definition) is 5. The van der Waals surface area contributed by atoms with Crippen LogP contribution in [0, 0.1) is 0 Å². The molecule has 1 heterocycles. The molecule has 0 saturated carbocycles. The molecule has 0 fully saturated rings. The number of nitrogens with one attached hydrogen (secondary N) is 2. The zero-order valence-electron chi connectivity index (χ0n) is 16.1. The Morgan fingerprint density at radius 3 is 2.50 bits per heavy atom.